The Balaban J connectivity index is 0.976. The van der Waals surface area contributed by atoms with Crippen molar-refractivity contribution < 1.29 is 0 Å². The van der Waals surface area contributed by atoms with Crippen LogP contribution in [0.15, 0.2) is 358 Å². The highest BCUT2D eigenvalue weighted by Crippen LogP contribution is 2.67. The molecule has 90 heavy (non-hydrogen) atoms. The van der Waals surface area contributed by atoms with Gasteiger partial charge in [-0.05, 0) is 174 Å². The maximum Gasteiger partial charge on any atom is 0.0756 e. The summed E-state index contributed by atoms with van der Waals surface area (Å²) in [6.45, 7) is 0. The molecule has 0 saturated heterocycles. The molecule has 0 amide bonds. The highest BCUT2D eigenvalue weighted by atomic mass is 15.2. The van der Waals surface area contributed by atoms with Crippen LogP contribution in [0.1, 0.15) is 22.3 Å². The van der Waals surface area contributed by atoms with Crippen LogP contribution in [0.25, 0.3) is 77.2 Å². The molecule has 15 aromatic rings. The molecule has 0 fully saturated rings. The summed E-state index contributed by atoms with van der Waals surface area (Å²) in [4.78, 5) is 7.49. The lowest BCUT2D eigenvalue weighted by atomic mass is 9.64. The van der Waals surface area contributed by atoms with Crippen molar-refractivity contribution in [1.29, 1.82) is 0 Å². The third-order valence-corrected chi connectivity index (χ3v) is 18.6. The van der Waals surface area contributed by atoms with E-state index in [2.05, 4.69) is 373 Å². The van der Waals surface area contributed by atoms with Gasteiger partial charge in [-0.25, -0.2) is 0 Å². The molecule has 0 bridgehead atoms. The number of hydrogen-bond donors (Lipinski definition) is 0. The van der Waals surface area contributed by atoms with E-state index in [1.807, 2.05) is 0 Å². The van der Waals surface area contributed by atoms with Crippen molar-refractivity contribution in [3.8, 4) is 55.6 Å². The van der Waals surface area contributed by atoms with Crippen LogP contribution in [-0.2, 0) is 5.41 Å². The van der Waals surface area contributed by atoms with Crippen LogP contribution in [0.3, 0.4) is 0 Å². The quantitative estimate of drug-likeness (QED) is 0.128. The van der Waals surface area contributed by atoms with E-state index in [-0.39, 0.29) is 0 Å². The molecular formula is C87H59N3. The molecule has 0 atom stereocenters. The van der Waals surface area contributed by atoms with E-state index in [4.69, 9.17) is 0 Å². The topological polar surface area (TPSA) is 9.72 Å². The fourth-order valence-corrected chi connectivity index (χ4v) is 14.6. The summed E-state index contributed by atoms with van der Waals surface area (Å²) < 4.78 is 0. The first-order chi connectivity index (χ1) is 44.7. The summed E-state index contributed by atoms with van der Waals surface area (Å²) in [6.07, 6.45) is 0. The molecule has 422 valence electrons. The molecule has 1 spiro atoms. The Kier molecular flexibility index (Phi) is 12.8. The Labute approximate surface area is 525 Å². The van der Waals surface area contributed by atoms with Gasteiger partial charge in [-0.2, -0.15) is 0 Å². The van der Waals surface area contributed by atoms with Gasteiger partial charge in [0.2, 0.25) is 0 Å². The average molecular weight is 1150 g/mol. The van der Waals surface area contributed by atoms with Gasteiger partial charge in [-0.15, -0.1) is 0 Å². The molecule has 1 aliphatic carbocycles. The van der Waals surface area contributed by atoms with Gasteiger partial charge in [0.05, 0.1) is 28.2 Å². The molecule has 1 aliphatic heterocycles. The number of fused-ring (bicyclic) bond motifs is 13. The number of para-hydroxylation sites is 3. The minimum Gasteiger partial charge on any atom is -0.310 e. The summed E-state index contributed by atoms with van der Waals surface area (Å²) in [7, 11) is 0. The predicted molar refractivity (Wildman–Crippen MR) is 378 cm³/mol. The van der Waals surface area contributed by atoms with Crippen molar-refractivity contribution >= 4 is 72.7 Å². The number of benzene rings is 15. The molecule has 0 unspecified atom stereocenters. The van der Waals surface area contributed by atoms with Gasteiger partial charge in [0, 0.05) is 39.2 Å². The normalized spacial score (nSPS) is 12.5. The fourth-order valence-electron chi connectivity index (χ4n) is 14.6. The van der Waals surface area contributed by atoms with Gasteiger partial charge in [-0.1, -0.05) is 273 Å². The Morgan fingerprint density at radius 1 is 0.211 bits per heavy atom. The van der Waals surface area contributed by atoms with Crippen molar-refractivity contribution in [3.63, 3.8) is 0 Å². The molecule has 0 N–H and O–H groups in total. The van der Waals surface area contributed by atoms with Crippen LogP contribution in [-0.4, -0.2) is 0 Å². The monoisotopic (exact) mass is 1150 g/mol. The number of hydrogen-bond acceptors (Lipinski definition) is 3. The first-order valence-corrected chi connectivity index (χ1v) is 31.1. The fraction of sp³-hybridized carbons (Fsp3) is 0.0115. The molecule has 3 nitrogen and oxygen atoms in total. The molecule has 0 aromatic heterocycles. The predicted octanol–water partition coefficient (Wildman–Crippen LogP) is 23.7. The zero-order valence-corrected chi connectivity index (χ0v) is 49.4. The minimum absolute atomic E-state index is 0.860. The van der Waals surface area contributed by atoms with Gasteiger partial charge in [0.1, 0.15) is 0 Å². The van der Waals surface area contributed by atoms with E-state index in [9.17, 15) is 0 Å². The summed E-state index contributed by atoms with van der Waals surface area (Å²) in [5.41, 5.74) is 25.8. The van der Waals surface area contributed by atoms with Crippen LogP contribution < -0.4 is 14.7 Å². The first kappa shape index (κ1) is 52.5. The second-order valence-electron chi connectivity index (χ2n) is 23.5. The zero-order chi connectivity index (χ0) is 59.5. The summed E-state index contributed by atoms with van der Waals surface area (Å²) in [6, 6.07) is 132. The van der Waals surface area contributed by atoms with E-state index in [1.165, 1.54) is 88.7 Å². The zero-order valence-electron chi connectivity index (χ0n) is 49.4. The van der Waals surface area contributed by atoms with Crippen LogP contribution >= 0.6 is 0 Å². The van der Waals surface area contributed by atoms with Crippen molar-refractivity contribution in [1.82, 2.24) is 0 Å². The largest absolute Gasteiger partial charge is 0.310 e. The molecule has 0 radical (unpaired) electrons. The average Bonchev–Trinajstić information content (AvgIpc) is 1.47. The summed E-state index contributed by atoms with van der Waals surface area (Å²) in [5.74, 6) is 0. The lowest BCUT2D eigenvalue weighted by molar-refractivity contribution is 0.753. The Morgan fingerprint density at radius 3 is 0.789 bits per heavy atom. The van der Waals surface area contributed by atoms with E-state index in [0.29, 0.717) is 0 Å². The lowest BCUT2D eigenvalue weighted by Crippen LogP contribution is -2.36. The van der Waals surface area contributed by atoms with E-state index >= 15 is 0 Å². The standard InChI is InChI=1S/C87H59N3/c1-6-24-60(25-7-1)64-42-50-69(51-43-64)88(70-52-44-65(45-53-70)61-26-8-2-9-27-61)83-58-79-85(75-36-18-16-34-73(75)83)86-76-37-19-17-35-74(76)84(59-80(86)87(79)77-38-20-22-40-81(77)90(68-32-14-5-15-33-68)82-41-23-21-39-78(82)87)89(71-54-46-66(47-55-71)62-28-10-3-11-29-62)72-56-48-67(49-57-72)63-30-12-4-13-31-63/h1-59H. The minimum atomic E-state index is -0.860. The molecule has 1 heterocycles. The first-order valence-electron chi connectivity index (χ1n) is 31.1. The lowest BCUT2D eigenvalue weighted by Gasteiger charge is -2.45. The van der Waals surface area contributed by atoms with Crippen LogP contribution in [0, 0.1) is 0 Å². The third kappa shape index (κ3) is 8.58. The van der Waals surface area contributed by atoms with E-state index in [1.54, 1.807) is 0 Å². The van der Waals surface area contributed by atoms with E-state index < -0.39 is 5.41 Å². The Hall–Kier alpha value is -11.8. The Morgan fingerprint density at radius 2 is 0.467 bits per heavy atom. The molecule has 15 aromatic carbocycles. The third-order valence-electron chi connectivity index (χ3n) is 18.6. The summed E-state index contributed by atoms with van der Waals surface area (Å²) in [5, 5.41) is 4.71. The highest BCUT2D eigenvalue weighted by molar-refractivity contribution is 6.19. The van der Waals surface area contributed by atoms with Crippen molar-refractivity contribution in [2.75, 3.05) is 14.7 Å². The van der Waals surface area contributed by atoms with Crippen LogP contribution in [0.5, 0.6) is 0 Å². The maximum absolute atomic E-state index is 2.58. The highest BCUT2D eigenvalue weighted by Gasteiger charge is 2.53. The van der Waals surface area contributed by atoms with Gasteiger partial charge in [-0.3, -0.25) is 0 Å². The van der Waals surface area contributed by atoms with Gasteiger partial charge in [0.25, 0.3) is 0 Å². The van der Waals surface area contributed by atoms with Gasteiger partial charge in [0.15, 0.2) is 0 Å². The molecular weight excluding hydrogens is 1090 g/mol. The maximum atomic E-state index is 2.58. The molecule has 2 aliphatic rings. The summed E-state index contributed by atoms with van der Waals surface area (Å²) >= 11 is 0. The molecule has 0 saturated carbocycles. The molecule has 3 heteroatoms. The van der Waals surface area contributed by atoms with Gasteiger partial charge >= 0.3 is 0 Å². The number of nitrogens with zero attached hydrogens (tertiary/aromatic N) is 3. The Bertz CT molecular complexity index is 4650. The van der Waals surface area contributed by atoms with Crippen LogP contribution in [0.4, 0.5) is 51.2 Å². The molecule has 17 rings (SSSR count). The van der Waals surface area contributed by atoms with Crippen molar-refractivity contribution in [3.05, 3.63) is 380 Å². The number of rotatable bonds is 11. The number of anilines is 9. The van der Waals surface area contributed by atoms with Gasteiger partial charge < -0.3 is 14.7 Å². The SMILES string of the molecule is c1ccc(-c2ccc(N(c3ccc(-c4ccccc4)cc3)c3cc4c(c5ccccc35)-c3c(cc(N(c5ccc(-c6ccccc6)cc5)c5ccc(-c6ccccc6)cc5)c5ccccc35)C43c4ccccc4N(c4ccccc4)c4ccccc43)cc2)cc1. The second-order valence-corrected chi connectivity index (χ2v) is 23.5. The van der Waals surface area contributed by atoms with Crippen LogP contribution in [0.2, 0.25) is 0 Å². The van der Waals surface area contributed by atoms with Crippen molar-refractivity contribution in [2.24, 2.45) is 0 Å². The second kappa shape index (κ2) is 21.9. The smallest absolute Gasteiger partial charge is 0.0756 e. The van der Waals surface area contributed by atoms with Crippen molar-refractivity contribution in [2.45, 2.75) is 5.41 Å². The van der Waals surface area contributed by atoms with E-state index in [0.717, 1.165) is 62.0 Å².